The maximum Gasteiger partial charge on any atom is 0.251 e. The van der Waals surface area contributed by atoms with E-state index in [0.29, 0.717) is 12.1 Å². The minimum Gasteiger partial charge on any atom is -0.349 e. The van der Waals surface area contributed by atoms with Crippen LogP contribution < -0.4 is 5.32 Å². The molecule has 1 N–H and O–H groups in total. The second-order valence-corrected chi connectivity index (χ2v) is 9.43. The number of rotatable bonds is 7. The predicted molar refractivity (Wildman–Crippen MR) is 114 cm³/mol. The third kappa shape index (κ3) is 5.44. The van der Waals surface area contributed by atoms with Crippen LogP contribution in [0.25, 0.3) is 0 Å². The molecular formula is C22H29N3O3S. The van der Waals surface area contributed by atoms with Crippen molar-refractivity contribution >= 4 is 15.9 Å². The van der Waals surface area contributed by atoms with E-state index in [0.717, 1.165) is 31.5 Å². The molecule has 1 amide bonds. The van der Waals surface area contributed by atoms with Crippen LogP contribution in [0.15, 0.2) is 59.5 Å². The van der Waals surface area contributed by atoms with E-state index in [-0.39, 0.29) is 23.4 Å². The Bertz CT molecular complexity index is 906. The van der Waals surface area contributed by atoms with Gasteiger partial charge in [0.25, 0.3) is 5.91 Å². The van der Waals surface area contributed by atoms with Gasteiger partial charge in [0.15, 0.2) is 0 Å². The Morgan fingerprint density at radius 3 is 2.28 bits per heavy atom. The smallest absolute Gasteiger partial charge is 0.251 e. The molecule has 0 saturated carbocycles. The minimum atomic E-state index is -3.55. The van der Waals surface area contributed by atoms with E-state index in [2.05, 4.69) is 17.3 Å². The number of carbonyl (C=O) groups excluding carboxylic acids is 1. The van der Waals surface area contributed by atoms with Gasteiger partial charge < -0.3 is 10.2 Å². The summed E-state index contributed by atoms with van der Waals surface area (Å²) >= 11 is 0. The summed E-state index contributed by atoms with van der Waals surface area (Å²) in [5.41, 5.74) is 1.45. The van der Waals surface area contributed by atoms with Crippen molar-refractivity contribution in [3.63, 3.8) is 0 Å². The molecule has 0 spiro atoms. The highest BCUT2D eigenvalue weighted by molar-refractivity contribution is 7.89. The van der Waals surface area contributed by atoms with E-state index in [1.54, 1.807) is 42.5 Å². The Morgan fingerprint density at radius 2 is 1.69 bits per heavy atom. The molecule has 1 aliphatic heterocycles. The first-order chi connectivity index (χ1) is 13.9. The summed E-state index contributed by atoms with van der Waals surface area (Å²) in [6, 6.07) is 15.8. The van der Waals surface area contributed by atoms with Gasteiger partial charge in [-0.1, -0.05) is 37.3 Å². The number of hydrogen-bond donors (Lipinski definition) is 1. The highest BCUT2D eigenvalue weighted by atomic mass is 32.2. The van der Waals surface area contributed by atoms with Gasteiger partial charge in [-0.25, -0.2) is 8.42 Å². The monoisotopic (exact) mass is 415 g/mol. The Labute approximate surface area is 173 Å². The molecule has 1 aliphatic rings. The Morgan fingerprint density at radius 1 is 1.07 bits per heavy atom. The largest absolute Gasteiger partial charge is 0.349 e. The maximum absolute atomic E-state index is 12.8. The van der Waals surface area contributed by atoms with Crippen molar-refractivity contribution in [1.29, 1.82) is 0 Å². The summed E-state index contributed by atoms with van der Waals surface area (Å²) in [6.07, 6.45) is 1.92. The minimum absolute atomic E-state index is 0.0737. The van der Waals surface area contributed by atoms with E-state index < -0.39 is 10.0 Å². The molecule has 7 heteroatoms. The molecule has 2 aromatic rings. The van der Waals surface area contributed by atoms with E-state index >= 15 is 0 Å². The van der Waals surface area contributed by atoms with Gasteiger partial charge in [0.1, 0.15) is 0 Å². The van der Waals surface area contributed by atoms with Crippen molar-refractivity contribution in [2.24, 2.45) is 0 Å². The molecule has 0 unspecified atom stereocenters. The summed E-state index contributed by atoms with van der Waals surface area (Å²) < 4.78 is 27.1. The molecule has 156 valence electrons. The van der Waals surface area contributed by atoms with E-state index in [4.69, 9.17) is 0 Å². The van der Waals surface area contributed by atoms with Crippen LogP contribution in [0.5, 0.6) is 0 Å². The number of carbonyl (C=O) groups is 1. The van der Waals surface area contributed by atoms with Gasteiger partial charge in [0, 0.05) is 24.7 Å². The lowest BCUT2D eigenvalue weighted by atomic mass is 10.0. The van der Waals surface area contributed by atoms with Crippen LogP contribution in [0.3, 0.4) is 0 Å². The predicted octanol–water partition coefficient (Wildman–Crippen LogP) is 2.72. The third-order valence-corrected chi connectivity index (χ3v) is 7.30. The number of nitrogens with one attached hydrogen (secondary N) is 1. The molecule has 6 nitrogen and oxygen atoms in total. The van der Waals surface area contributed by atoms with E-state index in [1.165, 1.54) is 4.31 Å². The van der Waals surface area contributed by atoms with Crippen molar-refractivity contribution in [2.45, 2.75) is 37.2 Å². The third-order valence-electron chi connectivity index (χ3n) is 5.36. The van der Waals surface area contributed by atoms with Crippen LogP contribution in [-0.2, 0) is 16.6 Å². The lowest BCUT2D eigenvalue weighted by Crippen LogP contribution is -2.43. The topological polar surface area (TPSA) is 69.7 Å². The molecule has 0 bridgehead atoms. The molecular weight excluding hydrogens is 386 g/mol. The van der Waals surface area contributed by atoms with Crippen LogP contribution in [0.4, 0.5) is 0 Å². The first kappa shape index (κ1) is 21.5. The second-order valence-electron chi connectivity index (χ2n) is 7.49. The summed E-state index contributed by atoms with van der Waals surface area (Å²) in [4.78, 5) is 15.0. The Kier molecular flexibility index (Phi) is 7.05. The number of likely N-dealkylation sites (tertiary alicyclic amines) is 1. The number of piperidine rings is 1. The molecule has 0 radical (unpaired) electrons. The average molecular weight is 416 g/mol. The number of nitrogens with zero attached hydrogens (tertiary/aromatic N) is 2. The highest BCUT2D eigenvalue weighted by Gasteiger charge is 2.23. The van der Waals surface area contributed by atoms with Gasteiger partial charge in [-0.2, -0.15) is 4.31 Å². The van der Waals surface area contributed by atoms with Crippen molar-refractivity contribution in [3.05, 3.63) is 65.7 Å². The summed E-state index contributed by atoms with van der Waals surface area (Å²) in [5, 5.41) is 3.10. The van der Waals surface area contributed by atoms with Crippen LogP contribution in [0.1, 0.15) is 35.7 Å². The fourth-order valence-electron chi connectivity index (χ4n) is 3.50. The molecule has 1 heterocycles. The Balaban J connectivity index is 1.64. The van der Waals surface area contributed by atoms with Gasteiger partial charge in [0.2, 0.25) is 10.0 Å². The number of hydrogen-bond acceptors (Lipinski definition) is 4. The summed E-state index contributed by atoms with van der Waals surface area (Å²) in [6.45, 7) is 4.45. The van der Waals surface area contributed by atoms with Gasteiger partial charge in [-0.15, -0.1) is 0 Å². The average Bonchev–Trinajstić information content (AvgIpc) is 2.74. The zero-order valence-electron chi connectivity index (χ0n) is 17.0. The van der Waals surface area contributed by atoms with Crippen LogP contribution >= 0.6 is 0 Å². The molecule has 29 heavy (non-hydrogen) atoms. The van der Waals surface area contributed by atoms with Crippen molar-refractivity contribution in [1.82, 2.24) is 14.5 Å². The number of amides is 1. The highest BCUT2D eigenvalue weighted by Crippen LogP contribution is 2.18. The van der Waals surface area contributed by atoms with Gasteiger partial charge in [-0.3, -0.25) is 4.79 Å². The maximum atomic E-state index is 12.8. The summed E-state index contributed by atoms with van der Waals surface area (Å²) in [5.74, 6) is -0.0737. The molecule has 0 aromatic heterocycles. The van der Waals surface area contributed by atoms with Crippen LogP contribution in [0, 0.1) is 0 Å². The lowest BCUT2D eigenvalue weighted by molar-refractivity contribution is 0.0917. The standard InChI is InChI=1S/C22H29N3O3S/c1-3-25(29(27,28)21-7-5-4-6-8-21)17-18-9-11-19(12-10-18)22(26)23-20-13-15-24(2)16-14-20/h4-12,20H,3,13-17H2,1-2H3,(H,23,26). The fraction of sp³-hybridized carbons (Fsp3) is 0.409. The van der Waals surface area contributed by atoms with Crippen molar-refractivity contribution in [2.75, 3.05) is 26.7 Å². The molecule has 2 aromatic carbocycles. The number of benzene rings is 2. The van der Waals surface area contributed by atoms with Gasteiger partial charge in [0.05, 0.1) is 4.90 Å². The van der Waals surface area contributed by atoms with Crippen LogP contribution in [0.2, 0.25) is 0 Å². The lowest BCUT2D eigenvalue weighted by Gasteiger charge is -2.29. The molecule has 0 aliphatic carbocycles. The second kappa shape index (κ2) is 9.52. The molecule has 1 fully saturated rings. The van der Waals surface area contributed by atoms with Gasteiger partial charge in [-0.05, 0) is 62.8 Å². The fourth-order valence-corrected chi connectivity index (χ4v) is 4.95. The molecule has 0 atom stereocenters. The zero-order valence-corrected chi connectivity index (χ0v) is 17.9. The normalized spacial score (nSPS) is 16.1. The summed E-state index contributed by atoms with van der Waals surface area (Å²) in [7, 11) is -1.46. The van der Waals surface area contributed by atoms with Gasteiger partial charge >= 0.3 is 0 Å². The van der Waals surface area contributed by atoms with E-state index in [1.807, 2.05) is 19.1 Å². The SMILES string of the molecule is CCN(Cc1ccc(C(=O)NC2CCN(C)CC2)cc1)S(=O)(=O)c1ccccc1. The first-order valence-corrected chi connectivity index (χ1v) is 11.5. The van der Waals surface area contributed by atoms with E-state index in [9.17, 15) is 13.2 Å². The van der Waals surface area contributed by atoms with Crippen molar-refractivity contribution in [3.8, 4) is 0 Å². The Hall–Kier alpha value is -2.22. The van der Waals surface area contributed by atoms with Crippen LogP contribution in [-0.4, -0.2) is 56.3 Å². The number of sulfonamides is 1. The zero-order chi connectivity index (χ0) is 20.9. The van der Waals surface area contributed by atoms with Crippen molar-refractivity contribution < 1.29 is 13.2 Å². The molecule has 1 saturated heterocycles. The molecule has 3 rings (SSSR count). The first-order valence-electron chi connectivity index (χ1n) is 10.0. The quantitative estimate of drug-likeness (QED) is 0.755.